The number of amides is 2. The fourth-order valence-electron chi connectivity index (χ4n) is 1.42. The summed E-state index contributed by atoms with van der Waals surface area (Å²) in [5.41, 5.74) is 5.75. The highest BCUT2D eigenvalue weighted by molar-refractivity contribution is 5.99. The Morgan fingerprint density at radius 3 is 2.63 bits per heavy atom. The molecule has 0 spiro atoms. The molecule has 0 atom stereocenters. The average molecular weight is 265 g/mol. The molecule has 0 bridgehead atoms. The summed E-state index contributed by atoms with van der Waals surface area (Å²) in [7, 11) is 0. The molecule has 0 saturated carbocycles. The zero-order valence-corrected chi connectivity index (χ0v) is 11.4. The predicted octanol–water partition coefficient (Wildman–Crippen LogP) is 0.247. The second-order valence-corrected chi connectivity index (χ2v) is 4.32. The first kappa shape index (κ1) is 14.9. The minimum absolute atomic E-state index is 0.110. The number of aromatic nitrogens is 2. The SMILES string of the molecule is CCNc1cnc(C(C)C)nc1C(=O)NCC(N)=O. The van der Waals surface area contributed by atoms with Gasteiger partial charge in [-0.25, -0.2) is 9.97 Å². The van der Waals surface area contributed by atoms with Crippen LogP contribution in [0.3, 0.4) is 0 Å². The van der Waals surface area contributed by atoms with Crippen molar-refractivity contribution in [2.45, 2.75) is 26.7 Å². The van der Waals surface area contributed by atoms with Crippen LogP contribution in [0.5, 0.6) is 0 Å². The number of nitrogens with zero attached hydrogens (tertiary/aromatic N) is 2. The van der Waals surface area contributed by atoms with Crippen molar-refractivity contribution < 1.29 is 9.59 Å². The van der Waals surface area contributed by atoms with Gasteiger partial charge in [0, 0.05) is 12.5 Å². The summed E-state index contributed by atoms with van der Waals surface area (Å²) in [6, 6.07) is 0. The number of carbonyl (C=O) groups is 2. The molecule has 0 aliphatic heterocycles. The molecular formula is C12H19N5O2. The smallest absolute Gasteiger partial charge is 0.272 e. The number of rotatable bonds is 6. The highest BCUT2D eigenvalue weighted by Crippen LogP contribution is 2.16. The normalized spacial score (nSPS) is 10.3. The van der Waals surface area contributed by atoms with E-state index in [1.165, 1.54) is 0 Å². The summed E-state index contributed by atoms with van der Waals surface area (Å²) in [5, 5.41) is 5.43. The lowest BCUT2D eigenvalue weighted by atomic mass is 10.2. The Hall–Kier alpha value is -2.18. The van der Waals surface area contributed by atoms with Gasteiger partial charge in [0.05, 0.1) is 18.4 Å². The fourth-order valence-corrected chi connectivity index (χ4v) is 1.42. The Bertz CT molecular complexity index is 473. The molecule has 2 amide bonds. The van der Waals surface area contributed by atoms with Crippen molar-refractivity contribution in [1.82, 2.24) is 15.3 Å². The first-order valence-electron chi connectivity index (χ1n) is 6.13. The molecule has 0 aromatic carbocycles. The molecule has 0 radical (unpaired) electrons. The van der Waals surface area contributed by atoms with Crippen LogP contribution in [0.2, 0.25) is 0 Å². The van der Waals surface area contributed by atoms with E-state index < -0.39 is 11.8 Å². The third-order valence-corrected chi connectivity index (χ3v) is 2.33. The van der Waals surface area contributed by atoms with Gasteiger partial charge in [-0.3, -0.25) is 9.59 Å². The van der Waals surface area contributed by atoms with Crippen molar-refractivity contribution in [2.24, 2.45) is 5.73 Å². The van der Waals surface area contributed by atoms with E-state index in [1.807, 2.05) is 20.8 Å². The minimum Gasteiger partial charge on any atom is -0.382 e. The Morgan fingerprint density at radius 1 is 1.42 bits per heavy atom. The van der Waals surface area contributed by atoms with E-state index >= 15 is 0 Å². The fraction of sp³-hybridized carbons (Fsp3) is 0.500. The van der Waals surface area contributed by atoms with E-state index in [-0.39, 0.29) is 18.2 Å². The van der Waals surface area contributed by atoms with E-state index in [0.717, 1.165) is 0 Å². The molecular weight excluding hydrogens is 246 g/mol. The second kappa shape index (κ2) is 6.67. The zero-order valence-electron chi connectivity index (χ0n) is 11.4. The van der Waals surface area contributed by atoms with Crippen molar-refractivity contribution in [1.29, 1.82) is 0 Å². The van der Waals surface area contributed by atoms with Crippen LogP contribution in [0.1, 0.15) is 43.0 Å². The topological polar surface area (TPSA) is 110 Å². The summed E-state index contributed by atoms with van der Waals surface area (Å²) in [6.45, 7) is 6.20. The molecule has 1 aromatic heterocycles. The number of primary amides is 1. The minimum atomic E-state index is -0.600. The van der Waals surface area contributed by atoms with Crippen LogP contribution in [-0.2, 0) is 4.79 Å². The van der Waals surface area contributed by atoms with E-state index in [4.69, 9.17) is 5.73 Å². The molecule has 7 nitrogen and oxygen atoms in total. The van der Waals surface area contributed by atoms with Gasteiger partial charge in [-0.05, 0) is 6.92 Å². The van der Waals surface area contributed by atoms with Crippen molar-refractivity contribution in [3.63, 3.8) is 0 Å². The maximum Gasteiger partial charge on any atom is 0.272 e. The highest BCUT2D eigenvalue weighted by Gasteiger charge is 2.16. The van der Waals surface area contributed by atoms with Crippen LogP contribution in [0.4, 0.5) is 5.69 Å². The molecule has 0 unspecified atom stereocenters. The maximum atomic E-state index is 12.0. The Morgan fingerprint density at radius 2 is 2.11 bits per heavy atom. The summed E-state index contributed by atoms with van der Waals surface area (Å²) < 4.78 is 0. The molecule has 0 aliphatic carbocycles. The lowest BCUT2D eigenvalue weighted by Gasteiger charge is -2.12. The molecule has 7 heteroatoms. The van der Waals surface area contributed by atoms with Gasteiger partial charge in [-0.1, -0.05) is 13.8 Å². The first-order valence-corrected chi connectivity index (χ1v) is 6.13. The summed E-state index contributed by atoms with van der Waals surface area (Å²) in [5.74, 6) is -0.361. The van der Waals surface area contributed by atoms with Gasteiger partial charge in [0.25, 0.3) is 5.91 Å². The van der Waals surface area contributed by atoms with Crippen molar-refractivity contribution in [3.05, 3.63) is 17.7 Å². The maximum absolute atomic E-state index is 12.0. The molecule has 0 fully saturated rings. The molecule has 4 N–H and O–H groups in total. The monoisotopic (exact) mass is 265 g/mol. The average Bonchev–Trinajstić information content (AvgIpc) is 2.36. The number of anilines is 1. The third kappa shape index (κ3) is 4.20. The number of hydrogen-bond acceptors (Lipinski definition) is 5. The number of nitrogens with two attached hydrogens (primary N) is 1. The lowest BCUT2D eigenvalue weighted by Crippen LogP contribution is -2.34. The Labute approximate surface area is 112 Å². The van der Waals surface area contributed by atoms with Crippen LogP contribution in [0.25, 0.3) is 0 Å². The number of carbonyl (C=O) groups excluding carboxylic acids is 2. The first-order chi connectivity index (χ1) is 8.95. The van der Waals surface area contributed by atoms with Gasteiger partial charge in [-0.2, -0.15) is 0 Å². The Kier molecular flexibility index (Phi) is 5.23. The summed E-state index contributed by atoms with van der Waals surface area (Å²) in [6.07, 6.45) is 1.57. The van der Waals surface area contributed by atoms with E-state index in [1.54, 1.807) is 6.20 Å². The Balaban J connectivity index is 3.02. The standard InChI is InChI=1S/C12H19N5O2/c1-4-14-8-5-15-11(7(2)3)17-10(8)12(19)16-6-9(13)18/h5,7,14H,4,6H2,1-3H3,(H2,13,18)(H,16,19). The molecule has 0 aliphatic rings. The molecule has 19 heavy (non-hydrogen) atoms. The van der Waals surface area contributed by atoms with Gasteiger partial charge >= 0.3 is 0 Å². The van der Waals surface area contributed by atoms with Gasteiger partial charge in [-0.15, -0.1) is 0 Å². The van der Waals surface area contributed by atoms with Gasteiger partial charge in [0.15, 0.2) is 5.69 Å². The third-order valence-electron chi connectivity index (χ3n) is 2.33. The number of hydrogen-bond donors (Lipinski definition) is 3. The van der Waals surface area contributed by atoms with Crippen molar-refractivity contribution >= 4 is 17.5 Å². The summed E-state index contributed by atoms with van der Waals surface area (Å²) >= 11 is 0. The van der Waals surface area contributed by atoms with Crippen LogP contribution < -0.4 is 16.4 Å². The summed E-state index contributed by atoms with van der Waals surface area (Å²) in [4.78, 5) is 31.1. The van der Waals surface area contributed by atoms with Crippen LogP contribution in [-0.4, -0.2) is 34.9 Å². The second-order valence-electron chi connectivity index (χ2n) is 4.32. The molecule has 1 heterocycles. The largest absolute Gasteiger partial charge is 0.382 e. The van der Waals surface area contributed by atoms with Crippen molar-refractivity contribution in [3.8, 4) is 0 Å². The van der Waals surface area contributed by atoms with Gasteiger partial charge in [0.1, 0.15) is 5.82 Å². The van der Waals surface area contributed by atoms with E-state index in [0.29, 0.717) is 18.1 Å². The zero-order chi connectivity index (χ0) is 14.4. The molecule has 104 valence electrons. The quantitative estimate of drug-likeness (QED) is 0.682. The van der Waals surface area contributed by atoms with Crippen LogP contribution in [0.15, 0.2) is 6.20 Å². The van der Waals surface area contributed by atoms with Gasteiger partial charge in [0.2, 0.25) is 5.91 Å². The highest BCUT2D eigenvalue weighted by atomic mass is 16.2. The van der Waals surface area contributed by atoms with Crippen LogP contribution in [0, 0.1) is 0 Å². The van der Waals surface area contributed by atoms with Gasteiger partial charge < -0.3 is 16.4 Å². The molecule has 1 aromatic rings. The molecule has 0 saturated heterocycles. The van der Waals surface area contributed by atoms with E-state index in [2.05, 4.69) is 20.6 Å². The number of nitrogens with one attached hydrogen (secondary N) is 2. The lowest BCUT2D eigenvalue weighted by molar-refractivity contribution is -0.117. The van der Waals surface area contributed by atoms with Crippen LogP contribution >= 0.6 is 0 Å². The van der Waals surface area contributed by atoms with E-state index in [9.17, 15) is 9.59 Å². The van der Waals surface area contributed by atoms with Crippen molar-refractivity contribution in [2.75, 3.05) is 18.4 Å². The molecule has 1 rings (SSSR count). The predicted molar refractivity (Wildman–Crippen MR) is 71.8 cm³/mol.